The third kappa shape index (κ3) is 3.49. The van der Waals surface area contributed by atoms with Crippen molar-refractivity contribution in [2.24, 2.45) is 5.41 Å². The number of aliphatic carboxylic acids is 1. The molecule has 8 nitrogen and oxygen atoms in total. The van der Waals surface area contributed by atoms with Gasteiger partial charge in [0.05, 0.1) is 22.1 Å². The second-order valence-corrected chi connectivity index (χ2v) is 6.18. The van der Waals surface area contributed by atoms with Gasteiger partial charge in [-0.2, -0.15) is 0 Å². The van der Waals surface area contributed by atoms with E-state index in [1.807, 2.05) is 0 Å². The first-order chi connectivity index (χ1) is 11.3. The topological polar surface area (TPSA) is 110 Å². The number of nitro benzene ring substituents is 1. The molecule has 0 bridgehead atoms. The van der Waals surface area contributed by atoms with Crippen LogP contribution in [0.4, 0.5) is 5.69 Å². The molecule has 1 aromatic carbocycles. The summed E-state index contributed by atoms with van der Waals surface area (Å²) in [7, 11) is 1.42. The number of hydrogen-bond acceptors (Lipinski definition) is 5. The van der Waals surface area contributed by atoms with E-state index in [1.165, 1.54) is 24.1 Å². The molecular formula is C15H17ClN2O6. The molecule has 2 rings (SSSR count). The van der Waals surface area contributed by atoms with E-state index in [2.05, 4.69) is 0 Å². The maximum Gasteiger partial charge on any atom is 0.313 e. The number of methoxy groups -OCH3 is 1. The Kier molecular flexibility index (Phi) is 5.40. The number of piperidine rings is 1. The number of carboxylic acid groups (broad SMARTS) is 1. The quantitative estimate of drug-likeness (QED) is 0.639. The highest BCUT2D eigenvalue weighted by atomic mass is 35.5. The number of carbonyl (C=O) groups excluding carboxylic acids is 1. The van der Waals surface area contributed by atoms with Crippen molar-refractivity contribution in [2.45, 2.75) is 12.8 Å². The fourth-order valence-corrected chi connectivity index (χ4v) is 3.15. The van der Waals surface area contributed by atoms with E-state index in [1.54, 1.807) is 0 Å². The van der Waals surface area contributed by atoms with E-state index >= 15 is 0 Å². The Hall–Kier alpha value is -2.19. The lowest BCUT2D eigenvalue weighted by Crippen LogP contribution is -2.52. The van der Waals surface area contributed by atoms with Gasteiger partial charge in [0.25, 0.3) is 11.6 Å². The summed E-state index contributed by atoms with van der Waals surface area (Å²) < 4.78 is 5.03. The maximum atomic E-state index is 12.7. The lowest BCUT2D eigenvalue weighted by Gasteiger charge is -2.39. The highest BCUT2D eigenvalue weighted by Gasteiger charge is 2.44. The first-order valence-corrected chi connectivity index (χ1v) is 7.64. The number of benzene rings is 1. The van der Waals surface area contributed by atoms with Crippen LogP contribution in [0.1, 0.15) is 23.2 Å². The van der Waals surface area contributed by atoms with Crippen LogP contribution in [0, 0.1) is 15.5 Å². The van der Waals surface area contributed by atoms with E-state index in [0.29, 0.717) is 19.4 Å². The highest BCUT2D eigenvalue weighted by Crippen LogP contribution is 2.32. The molecule has 24 heavy (non-hydrogen) atoms. The number of rotatable bonds is 5. The van der Waals surface area contributed by atoms with Crippen LogP contribution in [-0.4, -0.2) is 53.6 Å². The third-order valence-electron chi connectivity index (χ3n) is 4.13. The molecule has 0 aliphatic carbocycles. The van der Waals surface area contributed by atoms with Crippen molar-refractivity contribution in [3.63, 3.8) is 0 Å². The van der Waals surface area contributed by atoms with Crippen LogP contribution in [0.15, 0.2) is 18.2 Å². The van der Waals surface area contributed by atoms with E-state index in [0.717, 1.165) is 6.07 Å². The SMILES string of the molecule is COCC1(C(=O)O)CCCN(C(=O)c2ccc([N+](=O)[O-])cc2Cl)C1. The summed E-state index contributed by atoms with van der Waals surface area (Å²) in [5.74, 6) is -1.46. The van der Waals surface area contributed by atoms with Gasteiger partial charge in [-0.05, 0) is 18.9 Å². The van der Waals surface area contributed by atoms with Gasteiger partial charge < -0.3 is 14.7 Å². The van der Waals surface area contributed by atoms with Crippen molar-refractivity contribution < 1.29 is 24.4 Å². The molecule has 1 atom stereocenters. The molecule has 1 amide bonds. The van der Waals surface area contributed by atoms with Gasteiger partial charge in [-0.3, -0.25) is 19.7 Å². The van der Waals surface area contributed by atoms with Crippen LogP contribution in [0.25, 0.3) is 0 Å². The Morgan fingerprint density at radius 3 is 2.75 bits per heavy atom. The number of carbonyl (C=O) groups is 2. The summed E-state index contributed by atoms with van der Waals surface area (Å²) in [6.45, 7) is 0.396. The van der Waals surface area contributed by atoms with E-state index in [9.17, 15) is 24.8 Å². The summed E-state index contributed by atoms with van der Waals surface area (Å²) in [6.07, 6.45) is 0.931. The van der Waals surface area contributed by atoms with Gasteiger partial charge in [-0.1, -0.05) is 11.6 Å². The van der Waals surface area contributed by atoms with Crippen LogP contribution < -0.4 is 0 Å². The summed E-state index contributed by atoms with van der Waals surface area (Å²) in [5.41, 5.74) is -1.26. The zero-order valence-electron chi connectivity index (χ0n) is 13.0. The molecule has 130 valence electrons. The van der Waals surface area contributed by atoms with Gasteiger partial charge in [0, 0.05) is 32.3 Å². The van der Waals surface area contributed by atoms with Crippen molar-refractivity contribution in [1.29, 1.82) is 0 Å². The Labute approximate surface area is 143 Å². The highest BCUT2D eigenvalue weighted by molar-refractivity contribution is 6.34. The number of amides is 1. The van der Waals surface area contributed by atoms with Crippen molar-refractivity contribution >= 4 is 29.2 Å². The number of ether oxygens (including phenoxy) is 1. The number of nitrogens with zero attached hydrogens (tertiary/aromatic N) is 2. The Morgan fingerprint density at radius 1 is 1.50 bits per heavy atom. The number of halogens is 1. The van der Waals surface area contributed by atoms with Gasteiger partial charge in [0.2, 0.25) is 0 Å². The van der Waals surface area contributed by atoms with Crippen LogP contribution in [-0.2, 0) is 9.53 Å². The van der Waals surface area contributed by atoms with Crippen LogP contribution in [0.2, 0.25) is 5.02 Å². The molecule has 1 aromatic rings. The van der Waals surface area contributed by atoms with E-state index in [-0.39, 0.29) is 29.4 Å². The normalized spacial score (nSPS) is 20.7. The standard InChI is InChI=1S/C15H17ClN2O6/c1-24-9-15(14(20)21)5-2-6-17(8-15)13(19)11-4-3-10(18(22)23)7-12(11)16/h3-4,7H,2,5-6,8-9H2,1H3,(H,20,21). The summed E-state index contributed by atoms with van der Waals surface area (Å²) >= 11 is 5.99. The van der Waals surface area contributed by atoms with Gasteiger partial charge in [0.1, 0.15) is 5.41 Å². The molecule has 1 aliphatic heterocycles. The molecule has 9 heteroatoms. The molecule has 1 heterocycles. The van der Waals surface area contributed by atoms with Crippen molar-refractivity contribution in [2.75, 3.05) is 26.8 Å². The van der Waals surface area contributed by atoms with Gasteiger partial charge in [-0.15, -0.1) is 0 Å². The average molecular weight is 357 g/mol. The van der Waals surface area contributed by atoms with Gasteiger partial charge >= 0.3 is 5.97 Å². The fourth-order valence-electron chi connectivity index (χ4n) is 2.90. The molecule has 0 aromatic heterocycles. The van der Waals surface area contributed by atoms with Crippen LogP contribution >= 0.6 is 11.6 Å². The zero-order chi connectivity index (χ0) is 17.9. The summed E-state index contributed by atoms with van der Waals surface area (Å²) in [5, 5.41) is 20.2. The number of likely N-dealkylation sites (tertiary alicyclic amines) is 1. The Bertz CT molecular complexity index is 676. The minimum Gasteiger partial charge on any atom is -0.481 e. The molecule has 0 spiro atoms. The third-order valence-corrected chi connectivity index (χ3v) is 4.45. The van der Waals surface area contributed by atoms with Crippen molar-refractivity contribution in [1.82, 2.24) is 4.90 Å². The predicted octanol–water partition coefficient (Wildman–Crippen LogP) is 2.20. The number of hydrogen-bond donors (Lipinski definition) is 1. The van der Waals surface area contributed by atoms with Gasteiger partial charge in [0.15, 0.2) is 0 Å². The lowest BCUT2D eigenvalue weighted by atomic mass is 9.80. The molecule has 1 aliphatic rings. The summed E-state index contributed by atoms with van der Waals surface area (Å²) in [6, 6.07) is 3.59. The molecule has 1 fully saturated rings. The van der Waals surface area contributed by atoms with Gasteiger partial charge in [-0.25, -0.2) is 0 Å². The lowest BCUT2D eigenvalue weighted by molar-refractivity contribution is -0.384. The number of non-ortho nitro benzene ring substituents is 1. The first-order valence-electron chi connectivity index (χ1n) is 7.26. The Morgan fingerprint density at radius 2 is 2.21 bits per heavy atom. The summed E-state index contributed by atoms with van der Waals surface area (Å²) in [4.78, 5) is 35.8. The zero-order valence-corrected chi connectivity index (χ0v) is 13.8. The molecule has 1 unspecified atom stereocenters. The Balaban J connectivity index is 2.26. The van der Waals surface area contributed by atoms with E-state index < -0.39 is 22.2 Å². The van der Waals surface area contributed by atoms with Crippen LogP contribution in [0.5, 0.6) is 0 Å². The molecule has 0 radical (unpaired) electrons. The monoisotopic (exact) mass is 356 g/mol. The van der Waals surface area contributed by atoms with Crippen molar-refractivity contribution in [3.05, 3.63) is 38.9 Å². The second-order valence-electron chi connectivity index (χ2n) is 5.77. The van der Waals surface area contributed by atoms with Crippen molar-refractivity contribution in [3.8, 4) is 0 Å². The minimum atomic E-state index is -1.16. The molecule has 1 N–H and O–H groups in total. The number of nitro groups is 1. The average Bonchev–Trinajstić information content (AvgIpc) is 2.54. The van der Waals surface area contributed by atoms with Crippen LogP contribution in [0.3, 0.4) is 0 Å². The molecule has 1 saturated heterocycles. The molecular weight excluding hydrogens is 340 g/mol. The second kappa shape index (κ2) is 7.14. The predicted molar refractivity (Wildman–Crippen MR) is 85.2 cm³/mol. The number of carboxylic acids is 1. The van der Waals surface area contributed by atoms with E-state index in [4.69, 9.17) is 16.3 Å². The largest absolute Gasteiger partial charge is 0.481 e. The molecule has 0 saturated carbocycles. The fraction of sp³-hybridized carbons (Fsp3) is 0.467. The minimum absolute atomic E-state index is 0.000106. The smallest absolute Gasteiger partial charge is 0.313 e. The first kappa shape index (κ1) is 18.2. The maximum absolute atomic E-state index is 12.7.